The fraction of sp³-hybridized carbons (Fsp3) is 0. The molecule has 0 fully saturated rings. The van der Waals surface area contributed by atoms with Crippen LogP contribution in [0.1, 0.15) is 0 Å². The normalized spacial score (nSPS) is 11.6. The Bertz CT molecular complexity index is 3680. The Balaban J connectivity index is 1.09. The van der Waals surface area contributed by atoms with Crippen LogP contribution >= 0.6 is 0 Å². The van der Waals surface area contributed by atoms with Gasteiger partial charge in [0.15, 0.2) is 34.9 Å². The summed E-state index contributed by atoms with van der Waals surface area (Å²) in [5, 5.41) is 2.92. The van der Waals surface area contributed by atoms with Crippen LogP contribution in [0.2, 0.25) is 0 Å². The fourth-order valence-electron chi connectivity index (χ4n) is 8.87. The van der Waals surface area contributed by atoms with Gasteiger partial charge in [-0.25, -0.2) is 39.9 Å². The Morgan fingerprint density at radius 1 is 0.258 bits per heavy atom. The first kappa shape index (κ1) is 37.3. The van der Waals surface area contributed by atoms with E-state index in [1.165, 1.54) is 0 Å². The molecule has 5 aromatic heterocycles. The summed E-state index contributed by atoms with van der Waals surface area (Å²) >= 11 is 0. The van der Waals surface area contributed by atoms with Crippen molar-refractivity contribution >= 4 is 49.4 Å². The van der Waals surface area contributed by atoms with Crippen molar-refractivity contribution in [2.24, 2.45) is 0 Å². The van der Waals surface area contributed by atoms with Gasteiger partial charge in [-0.15, -0.1) is 0 Å². The summed E-state index contributed by atoms with van der Waals surface area (Å²) in [5.74, 6) is 4.22. The summed E-state index contributed by atoms with van der Waals surface area (Å²) in [7, 11) is 0. The molecule has 13 rings (SSSR count). The first-order valence-electron chi connectivity index (χ1n) is 21.7. The minimum Gasteiger partial charge on any atom is -0.279 e. The molecule has 0 bridgehead atoms. The summed E-state index contributed by atoms with van der Waals surface area (Å²) in [6, 6.07) is 69.4. The molecular formula is C56H34N10. The molecule has 0 amide bonds. The van der Waals surface area contributed by atoms with E-state index >= 15 is 0 Å². The topological polar surface area (TPSA) is 112 Å². The number of hydrogen-bond donors (Lipinski definition) is 0. The first-order valence-corrected chi connectivity index (χ1v) is 21.7. The lowest BCUT2D eigenvalue weighted by atomic mass is 10.1. The molecule has 0 aliphatic heterocycles. The average molecular weight is 847 g/mol. The molecule has 8 aromatic carbocycles. The van der Waals surface area contributed by atoms with Crippen LogP contribution in [-0.4, -0.2) is 48.8 Å². The van der Waals surface area contributed by atoms with Gasteiger partial charge in [-0.3, -0.25) is 8.97 Å². The van der Waals surface area contributed by atoms with Crippen LogP contribution in [0, 0.1) is 0 Å². The van der Waals surface area contributed by atoms with Crippen LogP contribution in [0.25, 0.3) is 124 Å². The average Bonchev–Trinajstić information content (AvgIpc) is 3.95. The number of imidazole rings is 1. The number of rotatable bonds is 7. The molecule has 13 aromatic rings. The van der Waals surface area contributed by atoms with Crippen LogP contribution < -0.4 is 0 Å². The molecule has 0 spiro atoms. The van der Waals surface area contributed by atoms with Gasteiger partial charge in [-0.05, 0) is 60.7 Å². The molecule has 0 aliphatic carbocycles. The van der Waals surface area contributed by atoms with Crippen molar-refractivity contribution in [2.75, 3.05) is 0 Å². The highest BCUT2D eigenvalue weighted by molar-refractivity contribution is 6.11. The first-order chi connectivity index (χ1) is 32.7. The third-order valence-corrected chi connectivity index (χ3v) is 12.0. The van der Waals surface area contributed by atoms with Gasteiger partial charge in [0.25, 0.3) is 0 Å². The molecule has 0 unspecified atom stereocenters. The lowest BCUT2D eigenvalue weighted by Gasteiger charge is -2.13. The number of nitrogens with zero attached hydrogens (tertiary/aromatic N) is 10. The lowest BCUT2D eigenvalue weighted by molar-refractivity contribution is 0.979. The zero-order valence-corrected chi connectivity index (χ0v) is 35.1. The molecule has 0 aliphatic rings. The summed E-state index contributed by atoms with van der Waals surface area (Å²) in [6.07, 6.45) is 0. The van der Waals surface area contributed by atoms with E-state index in [4.69, 9.17) is 39.9 Å². The van der Waals surface area contributed by atoms with E-state index in [0.717, 1.165) is 82.8 Å². The van der Waals surface area contributed by atoms with Crippen molar-refractivity contribution in [1.82, 2.24) is 48.8 Å². The van der Waals surface area contributed by atoms with Crippen molar-refractivity contribution in [2.45, 2.75) is 0 Å². The Kier molecular flexibility index (Phi) is 8.60. The zero-order chi connectivity index (χ0) is 43.6. The number of fused-ring (bicyclic) bond motifs is 8. The van der Waals surface area contributed by atoms with Gasteiger partial charge in [0.05, 0.1) is 27.6 Å². The molecule has 0 saturated heterocycles. The summed E-state index contributed by atoms with van der Waals surface area (Å²) < 4.78 is 4.41. The Morgan fingerprint density at radius 3 is 1.09 bits per heavy atom. The number of aromatic nitrogens is 10. The Morgan fingerprint density at radius 2 is 0.636 bits per heavy atom. The van der Waals surface area contributed by atoms with Crippen LogP contribution in [0.3, 0.4) is 0 Å². The van der Waals surface area contributed by atoms with Gasteiger partial charge in [0, 0.05) is 49.5 Å². The van der Waals surface area contributed by atoms with Gasteiger partial charge in [-0.1, -0.05) is 146 Å². The molecular weight excluding hydrogens is 813 g/mol. The van der Waals surface area contributed by atoms with Gasteiger partial charge in [-0.2, -0.15) is 0 Å². The van der Waals surface area contributed by atoms with E-state index in [1.807, 2.05) is 152 Å². The zero-order valence-electron chi connectivity index (χ0n) is 35.1. The van der Waals surface area contributed by atoms with Gasteiger partial charge >= 0.3 is 0 Å². The molecule has 10 nitrogen and oxygen atoms in total. The summed E-state index contributed by atoms with van der Waals surface area (Å²) in [6.45, 7) is 0. The molecule has 0 N–H and O–H groups in total. The van der Waals surface area contributed by atoms with Crippen molar-refractivity contribution in [3.63, 3.8) is 0 Å². The van der Waals surface area contributed by atoms with E-state index in [0.29, 0.717) is 40.9 Å². The van der Waals surface area contributed by atoms with E-state index in [9.17, 15) is 0 Å². The van der Waals surface area contributed by atoms with Crippen molar-refractivity contribution in [1.29, 1.82) is 0 Å². The standard InChI is InChI=1S/C56H34N10/c1-5-17-35(18-6-1)49-59-50(36-19-7-2-8-20-36)62-53(61-49)39-29-31-46-42(33-39)43-34-40(54-63-51(37-21-9-3-10-22-37)60-52(64-54)38-23-11-4-12-24-38)30-32-47(43)65(46)56-58-44-26-14-13-25-41(44)55-57-45-27-15-16-28-48(45)66(55)56/h1-34H. The molecule has 66 heavy (non-hydrogen) atoms. The highest BCUT2D eigenvalue weighted by atomic mass is 15.2. The fourth-order valence-corrected chi connectivity index (χ4v) is 8.87. The maximum Gasteiger partial charge on any atom is 0.221 e. The second-order valence-corrected chi connectivity index (χ2v) is 16.1. The molecule has 0 saturated carbocycles. The maximum absolute atomic E-state index is 5.43. The second kappa shape index (κ2) is 15.2. The predicted octanol–water partition coefficient (Wildman–Crippen LogP) is 12.5. The summed E-state index contributed by atoms with van der Waals surface area (Å²) in [4.78, 5) is 41.0. The molecule has 0 atom stereocenters. The van der Waals surface area contributed by atoms with Gasteiger partial charge < -0.3 is 0 Å². The Hall–Kier alpha value is -9.28. The SMILES string of the molecule is c1ccc(-c2nc(-c3ccccc3)nc(-c3ccc4c(c3)c3cc(-c5nc(-c6ccccc6)nc(-c6ccccc6)n5)ccc3n4-c3nc4ccccc4c4nc5ccccc5n34)n2)cc1. The third-order valence-electron chi connectivity index (χ3n) is 12.0. The molecule has 308 valence electrons. The Labute approximate surface area is 377 Å². The van der Waals surface area contributed by atoms with E-state index in [2.05, 4.69) is 63.6 Å². The van der Waals surface area contributed by atoms with Crippen molar-refractivity contribution in [3.05, 3.63) is 206 Å². The van der Waals surface area contributed by atoms with Crippen LogP contribution in [-0.2, 0) is 0 Å². The van der Waals surface area contributed by atoms with Crippen molar-refractivity contribution in [3.8, 4) is 74.3 Å². The summed E-state index contributed by atoms with van der Waals surface area (Å²) in [5.41, 5.74) is 10.7. The monoisotopic (exact) mass is 846 g/mol. The van der Waals surface area contributed by atoms with E-state index in [1.54, 1.807) is 0 Å². The molecule has 5 heterocycles. The minimum atomic E-state index is 0.561. The highest BCUT2D eigenvalue weighted by Gasteiger charge is 2.23. The van der Waals surface area contributed by atoms with E-state index < -0.39 is 0 Å². The highest BCUT2D eigenvalue weighted by Crippen LogP contribution is 2.39. The largest absolute Gasteiger partial charge is 0.279 e. The van der Waals surface area contributed by atoms with Crippen LogP contribution in [0.5, 0.6) is 0 Å². The second-order valence-electron chi connectivity index (χ2n) is 16.1. The quantitative estimate of drug-likeness (QED) is 0.156. The van der Waals surface area contributed by atoms with E-state index in [-0.39, 0.29) is 0 Å². The van der Waals surface area contributed by atoms with Gasteiger partial charge in [0.2, 0.25) is 5.95 Å². The van der Waals surface area contributed by atoms with Crippen molar-refractivity contribution < 1.29 is 0 Å². The third kappa shape index (κ3) is 6.27. The molecule has 0 radical (unpaired) electrons. The maximum atomic E-state index is 5.43. The molecule has 10 heteroatoms. The van der Waals surface area contributed by atoms with Gasteiger partial charge in [0.1, 0.15) is 5.65 Å². The predicted molar refractivity (Wildman–Crippen MR) is 262 cm³/mol. The lowest BCUT2D eigenvalue weighted by Crippen LogP contribution is -2.06. The van der Waals surface area contributed by atoms with Crippen LogP contribution in [0.15, 0.2) is 206 Å². The number of hydrogen-bond acceptors (Lipinski definition) is 8. The minimum absolute atomic E-state index is 0.561. The number of benzene rings is 8. The number of para-hydroxylation sites is 3. The van der Waals surface area contributed by atoms with Crippen LogP contribution in [0.4, 0.5) is 0 Å². The smallest absolute Gasteiger partial charge is 0.221 e.